The predicted octanol–water partition coefficient (Wildman–Crippen LogP) is 0.516. The molecule has 0 amide bonds. The average Bonchev–Trinajstić information content (AvgIpc) is 2.58. The van der Waals surface area contributed by atoms with Crippen molar-refractivity contribution in [3.63, 3.8) is 0 Å². The molecule has 1 aliphatic rings. The lowest BCUT2D eigenvalue weighted by Gasteiger charge is -2.36. The topological polar surface area (TPSA) is 130 Å². The van der Waals surface area contributed by atoms with Crippen LogP contribution < -0.4 is 5.32 Å². The SMILES string of the molecule is CC(C)N(C[C@H]1CN(S(=O)(=O)c2cc([N+](=O)[O-])ccc2S)CCN1)S(C)(=O)=O. The molecule has 28 heavy (non-hydrogen) atoms. The Morgan fingerprint density at radius 2 is 2.00 bits per heavy atom. The van der Waals surface area contributed by atoms with Crippen LogP contribution >= 0.6 is 12.6 Å². The van der Waals surface area contributed by atoms with Crippen LogP contribution in [-0.2, 0) is 20.0 Å². The van der Waals surface area contributed by atoms with Gasteiger partial charge in [-0.25, -0.2) is 16.8 Å². The lowest BCUT2D eigenvalue weighted by molar-refractivity contribution is -0.385. The summed E-state index contributed by atoms with van der Waals surface area (Å²) in [5.74, 6) is 0. The van der Waals surface area contributed by atoms with Crippen LogP contribution in [0, 0.1) is 10.1 Å². The third-order valence-corrected chi connectivity index (χ3v) is 8.26. The summed E-state index contributed by atoms with van der Waals surface area (Å²) < 4.78 is 52.6. The largest absolute Gasteiger partial charge is 0.310 e. The first-order valence-corrected chi connectivity index (χ1v) is 12.3. The van der Waals surface area contributed by atoms with E-state index < -0.39 is 31.0 Å². The fraction of sp³-hybridized carbons (Fsp3) is 0.600. The molecule has 0 unspecified atom stereocenters. The molecule has 0 spiro atoms. The van der Waals surface area contributed by atoms with Crippen molar-refractivity contribution < 1.29 is 21.8 Å². The molecule has 1 atom stereocenters. The molecule has 0 aliphatic carbocycles. The van der Waals surface area contributed by atoms with Crippen molar-refractivity contribution in [2.24, 2.45) is 0 Å². The second-order valence-corrected chi connectivity index (χ2v) is 11.2. The van der Waals surface area contributed by atoms with Crippen LogP contribution in [0.4, 0.5) is 5.69 Å². The van der Waals surface area contributed by atoms with Gasteiger partial charge in [-0.05, 0) is 19.9 Å². The molecule has 1 fully saturated rings. The third-order valence-electron chi connectivity index (χ3n) is 4.39. The Morgan fingerprint density at radius 1 is 1.36 bits per heavy atom. The smallest absolute Gasteiger partial charge is 0.270 e. The van der Waals surface area contributed by atoms with E-state index in [0.29, 0.717) is 6.54 Å². The van der Waals surface area contributed by atoms with Gasteiger partial charge in [0, 0.05) is 55.3 Å². The van der Waals surface area contributed by atoms with Crippen molar-refractivity contribution >= 4 is 38.4 Å². The molecule has 158 valence electrons. The Morgan fingerprint density at radius 3 is 2.54 bits per heavy atom. The molecule has 1 heterocycles. The Balaban J connectivity index is 2.28. The number of thiol groups is 1. The van der Waals surface area contributed by atoms with E-state index in [1.807, 2.05) is 0 Å². The van der Waals surface area contributed by atoms with Crippen molar-refractivity contribution in [3.05, 3.63) is 28.3 Å². The molecule has 1 saturated heterocycles. The number of benzene rings is 1. The summed E-state index contributed by atoms with van der Waals surface area (Å²) in [6.45, 7) is 4.14. The lowest BCUT2D eigenvalue weighted by atomic mass is 10.2. The molecule has 1 aromatic carbocycles. The van der Waals surface area contributed by atoms with Gasteiger partial charge in [-0.1, -0.05) is 0 Å². The number of non-ortho nitro benzene ring substituents is 1. The minimum absolute atomic E-state index is 0.0387. The maximum Gasteiger partial charge on any atom is 0.270 e. The molecular weight excluding hydrogens is 428 g/mol. The number of nitrogens with zero attached hydrogens (tertiary/aromatic N) is 3. The van der Waals surface area contributed by atoms with Crippen LogP contribution in [0.15, 0.2) is 28.0 Å². The van der Waals surface area contributed by atoms with E-state index >= 15 is 0 Å². The number of sulfonamides is 2. The van der Waals surface area contributed by atoms with Gasteiger partial charge in [-0.2, -0.15) is 8.61 Å². The minimum Gasteiger partial charge on any atom is -0.310 e. The van der Waals surface area contributed by atoms with Crippen LogP contribution in [-0.4, -0.2) is 74.9 Å². The van der Waals surface area contributed by atoms with E-state index in [1.54, 1.807) is 13.8 Å². The van der Waals surface area contributed by atoms with Crippen molar-refractivity contribution in [1.82, 2.24) is 13.9 Å². The van der Waals surface area contributed by atoms with Crippen molar-refractivity contribution in [3.8, 4) is 0 Å². The Bertz CT molecular complexity index is 949. The summed E-state index contributed by atoms with van der Waals surface area (Å²) in [7, 11) is -7.48. The van der Waals surface area contributed by atoms with Crippen molar-refractivity contribution in [2.75, 3.05) is 32.4 Å². The van der Waals surface area contributed by atoms with Gasteiger partial charge < -0.3 is 5.32 Å². The number of nitro benzene ring substituents is 1. The minimum atomic E-state index is -4.03. The molecule has 0 saturated carbocycles. The summed E-state index contributed by atoms with van der Waals surface area (Å²) in [5, 5.41) is 14.1. The lowest BCUT2D eigenvalue weighted by Crippen LogP contribution is -2.57. The number of nitrogens with one attached hydrogen (secondary N) is 1. The van der Waals surface area contributed by atoms with E-state index in [9.17, 15) is 26.9 Å². The van der Waals surface area contributed by atoms with E-state index in [1.165, 1.54) is 20.7 Å². The molecule has 1 aliphatic heterocycles. The first-order valence-electron chi connectivity index (χ1n) is 8.51. The summed E-state index contributed by atoms with van der Waals surface area (Å²) in [5.41, 5.74) is -0.342. The highest BCUT2D eigenvalue weighted by atomic mass is 32.2. The molecular formula is C15H24N4O6S3. The summed E-state index contributed by atoms with van der Waals surface area (Å²) in [4.78, 5) is 10.2. The molecule has 13 heteroatoms. The van der Waals surface area contributed by atoms with E-state index in [4.69, 9.17) is 0 Å². The molecule has 0 radical (unpaired) electrons. The number of hydrogen-bond donors (Lipinski definition) is 2. The second kappa shape index (κ2) is 8.63. The van der Waals surface area contributed by atoms with Gasteiger partial charge in [0.1, 0.15) is 4.90 Å². The molecule has 0 aromatic heterocycles. The maximum atomic E-state index is 13.0. The Labute approximate surface area is 170 Å². The number of rotatable bonds is 7. The van der Waals surface area contributed by atoms with Gasteiger partial charge in [0.25, 0.3) is 5.69 Å². The van der Waals surface area contributed by atoms with Gasteiger partial charge in [-0.15, -0.1) is 12.6 Å². The van der Waals surface area contributed by atoms with Gasteiger partial charge in [0.2, 0.25) is 20.0 Å². The van der Waals surface area contributed by atoms with Crippen molar-refractivity contribution in [2.45, 2.75) is 35.7 Å². The zero-order chi connectivity index (χ0) is 21.3. The Kier molecular flexibility index (Phi) is 7.10. The zero-order valence-corrected chi connectivity index (χ0v) is 18.3. The zero-order valence-electron chi connectivity index (χ0n) is 15.8. The molecule has 1 N–H and O–H groups in total. The third kappa shape index (κ3) is 5.21. The number of nitro groups is 1. The normalized spacial score (nSPS) is 19.3. The second-order valence-electron chi connectivity index (χ2n) is 6.85. The quantitative estimate of drug-likeness (QED) is 0.350. The van der Waals surface area contributed by atoms with Crippen molar-refractivity contribution in [1.29, 1.82) is 0 Å². The average molecular weight is 453 g/mol. The van der Waals surface area contributed by atoms with Crippen LogP contribution in [0.25, 0.3) is 0 Å². The summed E-state index contributed by atoms with van der Waals surface area (Å²) >= 11 is 4.14. The first kappa shape index (κ1) is 23.0. The highest BCUT2D eigenvalue weighted by molar-refractivity contribution is 7.90. The highest BCUT2D eigenvalue weighted by Crippen LogP contribution is 2.28. The number of hydrogen-bond acceptors (Lipinski definition) is 8. The van der Waals surface area contributed by atoms with Crippen LogP contribution in [0.2, 0.25) is 0 Å². The standard InChI is InChI=1S/C15H24N4O6S3/c1-11(2)18(27(3,22)23)10-12-9-17(7-6-16-12)28(24,25)15-8-13(19(20)21)4-5-14(15)26/h4-5,8,11-12,16,26H,6-7,9-10H2,1-3H3/t12-/m1/s1. The Hall–Kier alpha value is -1.25. The van der Waals surface area contributed by atoms with Gasteiger partial charge in [0.15, 0.2) is 0 Å². The molecule has 10 nitrogen and oxygen atoms in total. The predicted molar refractivity (Wildman–Crippen MR) is 108 cm³/mol. The van der Waals surface area contributed by atoms with Gasteiger partial charge in [-0.3, -0.25) is 10.1 Å². The highest BCUT2D eigenvalue weighted by Gasteiger charge is 2.34. The fourth-order valence-electron chi connectivity index (χ4n) is 3.04. The van der Waals surface area contributed by atoms with E-state index in [2.05, 4.69) is 17.9 Å². The van der Waals surface area contributed by atoms with Gasteiger partial charge >= 0.3 is 0 Å². The first-order chi connectivity index (χ1) is 12.8. The fourth-order valence-corrected chi connectivity index (χ4v) is 6.33. The molecule has 0 bridgehead atoms. The van der Waals surface area contributed by atoms with Gasteiger partial charge in [0.05, 0.1) is 11.2 Å². The van der Waals surface area contributed by atoms with Crippen LogP contribution in [0.5, 0.6) is 0 Å². The maximum absolute atomic E-state index is 13.0. The molecule has 1 aromatic rings. The van der Waals surface area contributed by atoms with E-state index in [0.717, 1.165) is 12.3 Å². The van der Waals surface area contributed by atoms with Crippen LogP contribution in [0.3, 0.4) is 0 Å². The summed E-state index contributed by atoms with van der Waals surface area (Å²) in [6, 6.07) is 2.77. The van der Waals surface area contributed by atoms with Crippen LogP contribution in [0.1, 0.15) is 13.8 Å². The number of piperazine rings is 1. The molecule has 2 rings (SSSR count). The summed E-state index contributed by atoms with van der Waals surface area (Å²) in [6.07, 6.45) is 1.11. The van der Waals surface area contributed by atoms with E-state index in [-0.39, 0.29) is 41.2 Å². The monoisotopic (exact) mass is 452 g/mol.